The quantitative estimate of drug-likeness (QED) is 0.682. The van der Waals surface area contributed by atoms with Crippen molar-refractivity contribution in [1.29, 1.82) is 0 Å². The minimum absolute atomic E-state index is 0.0697. The molecule has 0 unspecified atom stereocenters. The normalized spacial score (nSPS) is 13.5. The lowest BCUT2D eigenvalue weighted by molar-refractivity contribution is -0.118. The predicted molar refractivity (Wildman–Crippen MR) is 76.8 cm³/mol. The number of rotatable bonds is 1. The Morgan fingerprint density at radius 1 is 0.952 bits per heavy atom. The third kappa shape index (κ3) is 1.80. The van der Waals surface area contributed by atoms with Crippen molar-refractivity contribution in [3.05, 3.63) is 54.6 Å². The van der Waals surface area contributed by atoms with Gasteiger partial charge in [0.1, 0.15) is 6.54 Å². The number of nitrogens with zero attached hydrogens (tertiary/aromatic N) is 5. The summed E-state index contributed by atoms with van der Waals surface area (Å²) >= 11 is 0. The maximum atomic E-state index is 12.6. The summed E-state index contributed by atoms with van der Waals surface area (Å²) in [6.45, 7) is 0.117. The molecule has 0 radical (unpaired) electrons. The van der Waals surface area contributed by atoms with Gasteiger partial charge in [0.2, 0.25) is 0 Å². The second kappa shape index (κ2) is 4.52. The van der Waals surface area contributed by atoms with Crippen molar-refractivity contribution in [2.45, 2.75) is 6.54 Å². The first kappa shape index (κ1) is 11.8. The van der Waals surface area contributed by atoms with Crippen molar-refractivity contribution in [2.24, 2.45) is 0 Å². The van der Waals surface area contributed by atoms with Crippen molar-refractivity contribution in [2.75, 3.05) is 4.90 Å². The van der Waals surface area contributed by atoms with Crippen LogP contribution in [0.25, 0.3) is 11.4 Å². The number of carbonyl (C=O) groups excluding carboxylic acids is 1. The molecule has 6 heteroatoms. The highest BCUT2D eigenvalue weighted by Gasteiger charge is 2.28. The molecule has 4 rings (SSSR count). The van der Waals surface area contributed by atoms with Crippen molar-refractivity contribution in [1.82, 2.24) is 20.2 Å². The molecule has 1 aliphatic rings. The van der Waals surface area contributed by atoms with E-state index in [4.69, 9.17) is 0 Å². The molecule has 0 aliphatic carbocycles. The van der Waals surface area contributed by atoms with E-state index in [1.165, 1.54) is 4.68 Å². The molecule has 0 saturated heterocycles. The van der Waals surface area contributed by atoms with E-state index in [-0.39, 0.29) is 12.5 Å². The number of para-hydroxylation sites is 2. The van der Waals surface area contributed by atoms with Gasteiger partial charge in [0, 0.05) is 11.3 Å². The third-order valence-corrected chi connectivity index (χ3v) is 3.47. The summed E-state index contributed by atoms with van der Waals surface area (Å²) in [5.74, 6) is 0.539. The number of fused-ring (bicyclic) bond motifs is 3. The second-order valence-electron chi connectivity index (χ2n) is 4.74. The predicted octanol–water partition coefficient (Wildman–Crippen LogP) is 2.02. The van der Waals surface area contributed by atoms with Gasteiger partial charge in [0.05, 0.1) is 5.69 Å². The van der Waals surface area contributed by atoms with Crippen LogP contribution in [0.3, 0.4) is 0 Å². The van der Waals surface area contributed by atoms with Gasteiger partial charge in [0.15, 0.2) is 5.82 Å². The Morgan fingerprint density at radius 2 is 1.71 bits per heavy atom. The van der Waals surface area contributed by atoms with Crippen molar-refractivity contribution >= 4 is 17.3 Å². The molecule has 1 aromatic heterocycles. The zero-order valence-electron chi connectivity index (χ0n) is 11.0. The average Bonchev–Trinajstić information content (AvgIpc) is 2.93. The van der Waals surface area contributed by atoms with E-state index in [9.17, 15) is 4.79 Å². The maximum Gasteiger partial charge on any atom is 0.253 e. The monoisotopic (exact) mass is 277 g/mol. The van der Waals surface area contributed by atoms with E-state index in [2.05, 4.69) is 15.5 Å². The molecule has 0 bridgehead atoms. The van der Waals surface area contributed by atoms with Crippen LogP contribution in [-0.2, 0) is 11.3 Å². The minimum Gasteiger partial charge on any atom is -0.279 e. The number of hydrogen-bond donors (Lipinski definition) is 0. The van der Waals surface area contributed by atoms with Crippen molar-refractivity contribution in [3.63, 3.8) is 0 Å². The Balaban J connectivity index is 1.98. The van der Waals surface area contributed by atoms with Gasteiger partial charge >= 0.3 is 0 Å². The fourth-order valence-electron chi connectivity index (χ4n) is 2.56. The number of amides is 1. The minimum atomic E-state index is -0.0697. The van der Waals surface area contributed by atoms with Gasteiger partial charge in [0.25, 0.3) is 5.91 Å². The number of hydrogen-bond acceptors (Lipinski definition) is 4. The van der Waals surface area contributed by atoms with Crippen LogP contribution in [0.4, 0.5) is 11.4 Å². The van der Waals surface area contributed by atoms with Gasteiger partial charge in [-0.2, -0.15) is 0 Å². The molecule has 21 heavy (non-hydrogen) atoms. The second-order valence-corrected chi connectivity index (χ2v) is 4.74. The zero-order chi connectivity index (χ0) is 14.2. The summed E-state index contributed by atoms with van der Waals surface area (Å²) in [6, 6.07) is 17.2. The van der Waals surface area contributed by atoms with Gasteiger partial charge < -0.3 is 0 Å². The molecule has 2 aromatic carbocycles. The van der Waals surface area contributed by atoms with Gasteiger partial charge in [-0.3, -0.25) is 9.69 Å². The number of aromatic nitrogens is 4. The topological polar surface area (TPSA) is 63.9 Å². The first-order valence-corrected chi connectivity index (χ1v) is 6.58. The van der Waals surface area contributed by atoms with Crippen LogP contribution in [-0.4, -0.2) is 26.1 Å². The molecule has 1 amide bonds. The van der Waals surface area contributed by atoms with E-state index in [1.807, 2.05) is 54.6 Å². The molecular formula is C15H11N5O. The summed E-state index contributed by atoms with van der Waals surface area (Å²) in [6.07, 6.45) is 0. The highest BCUT2D eigenvalue weighted by molar-refractivity contribution is 6.04. The highest BCUT2D eigenvalue weighted by Crippen LogP contribution is 2.36. The molecule has 2 heterocycles. The Hall–Kier alpha value is -3.02. The Bertz CT molecular complexity index is 812. The molecule has 6 nitrogen and oxygen atoms in total. The van der Waals surface area contributed by atoms with Crippen LogP contribution in [0.5, 0.6) is 0 Å². The molecule has 0 atom stereocenters. The number of anilines is 2. The summed E-state index contributed by atoms with van der Waals surface area (Å²) in [5, 5.41) is 11.6. The van der Waals surface area contributed by atoms with Crippen molar-refractivity contribution in [3.8, 4) is 11.4 Å². The summed E-state index contributed by atoms with van der Waals surface area (Å²) in [5.41, 5.74) is 2.47. The Labute approximate surface area is 120 Å². The van der Waals surface area contributed by atoms with Gasteiger partial charge in [-0.25, -0.2) is 4.68 Å². The first-order chi connectivity index (χ1) is 10.3. The lowest BCUT2D eigenvalue weighted by Crippen LogP contribution is -2.28. The lowest BCUT2D eigenvalue weighted by atomic mass is 10.1. The van der Waals surface area contributed by atoms with Crippen LogP contribution < -0.4 is 4.90 Å². The van der Waals surface area contributed by atoms with Crippen LogP contribution in [0, 0.1) is 0 Å². The van der Waals surface area contributed by atoms with Gasteiger partial charge in [-0.05, 0) is 34.7 Å². The highest BCUT2D eigenvalue weighted by atomic mass is 16.2. The smallest absolute Gasteiger partial charge is 0.253 e. The van der Waals surface area contributed by atoms with Crippen LogP contribution in [0.15, 0.2) is 54.6 Å². The lowest BCUT2D eigenvalue weighted by Gasteiger charge is -2.22. The van der Waals surface area contributed by atoms with E-state index >= 15 is 0 Å². The number of tetrazole rings is 1. The van der Waals surface area contributed by atoms with Crippen LogP contribution in [0.1, 0.15) is 0 Å². The van der Waals surface area contributed by atoms with E-state index < -0.39 is 0 Å². The molecule has 0 N–H and O–H groups in total. The van der Waals surface area contributed by atoms with Crippen LogP contribution in [0.2, 0.25) is 0 Å². The largest absolute Gasteiger partial charge is 0.279 e. The maximum absolute atomic E-state index is 12.6. The molecule has 3 aromatic rings. The van der Waals surface area contributed by atoms with E-state index in [0.717, 1.165) is 16.9 Å². The molecule has 102 valence electrons. The summed E-state index contributed by atoms with van der Waals surface area (Å²) in [7, 11) is 0. The SMILES string of the molecule is O=C1Cn2nnnc2-c2ccccc2N1c1ccccc1. The third-order valence-electron chi connectivity index (χ3n) is 3.47. The molecular weight excluding hydrogens is 266 g/mol. The average molecular weight is 277 g/mol. The summed E-state index contributed by atoms with van der Waals surface area (Å²) in [4.78, 5) is 14.3. The first-order valence-electron chi connectivity index (χ1n) is 6.58. The molecule has 0 spiro atoms. The Morgan fingerprint density at radius 3 is 2.57 bits per heavy atom. The number of carbonyl (C=O) groups is 1. The van der Waals surface area contributed by atoms with E-state index in [1.54, 1.807) is 4.90 Å². The van der Waals surface area contributed by atoms with Gasteiger partial charge in [-0.1, -0.05) is 30.3 Å². The molecule has 0 saturated carbocycles. The fraction of sp³-hybridized carbons (Fsp3) is 0.0667. The number of benzene rings is 2. The van der Waals surface area contributed by atoms with Gasteiger partial charge in [-0.15, -0.1) is 5.10 Å². The zero-order valence-corrected chi connectivity index (χ0v) is 11.0. The summed E-state index contributed by atoms with van der Waals surface area (Å²) < 4.78 is 1.53. The Kier molecular flexibility index (Phi) is 2.53. The van der Waals surface area contributed by atoms with E-state index in [0.29, 0.717) is 5.82 Å². The van der Waals surface area contributed by atoms with Crippen molar-refractivity contribution < 1.29 is 4.79 Å². The molecule has 1 aliphatic heterocycles. The fourth-order valence-corrected chi connectivity index (χ4v) is 2.56. The van der Waals surface area contributed by atoms with Crippen LogP contribution >= 0.6 is 0 Å². The standard InChI is InChI=1S/C15H11N5O/c21-14-10-19-15(16-17-18-19)12-8-4-5-9-13(12)20(14)11-6-2-1-3-7-11/h1-9H,10H2. The molecule has 0 fully saturated rings.